The van der Waals surface area contributed by atoms with Crippen LogP contribution in [-0.2, 0) is 6.54 Å². The van der Waals surface area contributed by atoms with Crippen LogP contribution in [0.25, 0.3) is 6.08 Å². The summed E-state index contributed by atoms with van der Waals surface area (Å²) in [5.74, 6) is -0.397. The maximum absolute atomic E-state index is 13.9. The van der Waals surface area contributed by atoms with Gasteiger partial charge in [0.15, 0.2) is 0 Å². The van der Waals surface area contributed by atoms with Gasteiger partial charge in [0.05, 0.1) is 13.7 Å². The molecule has 0 spiro atoms. The van der Waals surface area contributed by atoms with Crippen LogP contribution in [0.4, 0.5) is 4.39 Å². The number of ether oxygens (including phenoxy) is 1. The molecule has 0 aliphatic rings. The van der Waals surface area contributed by atoms with Crippen LogP contribution < -0.4 is 4.74 Å². The quantitative estimate of drug-likeness (QED) is 0.845. The highest BCUT2D eigenvalue weighted by molar-refractivity contribution is 5.65. The first-order valence-electron chi connectivity index (χ1n) is 5.60. The topological polar surface area (TPSA) is 50.8 Å². The number of halogens is 1. The molecule has 4 nitrogen and oxygen atoms in total. The van der Waals surface area contributed by atoms with Crippen LogP contribution >= 0.6 is 0 Å². The van der Waals surface area contributed by atoms with Crippen LogP contribution in [0, 0.1) is 17.1 Å². The highest BCUT2D eigenvalue weighted by Gasteiger charge is 2.17. The molecule has 19 heavy (non-hydrogen) atoms. The van der Waals surface area contributed by atoms with Crippen molar-refractivity contribution in [3.63, 3.8) is 0 Å². The van der Waals surface area contributed by atoms with E-state index in [9.17, 15) is 4.39 Å². The SMILES string of the molecule is C=Cc1c(Cn2cccn2)cc(F)c(C#N)c1OC. The van der Waals surface area contributed by atoms with E-state index in [-0.39, 0.29) is 11.3 Å². The Kier molecular flexibility index (Phi) is 3.62. The van der Waals surface area contributed by atoms with Gasteiger partial charge in [-0.05, 0) is 17.7 Å². The fourth-order valence-corrected chi connectivity index (χ4v) is 1.93. The first-order chi connectivity index (χ1) is 9.21. The first-order valence-corrected chi connectivity index (χ1v) is 5.60. The van der Waals surface area contributed by atoms with Crippen molar-refractivity contribution in [2.45, 2.75) is 6.54 Å². The first kappa shape index (κ1) is 12.8. The second kappa shape index (κ2) is 5.36. The summed E-state index contributed by atoms with van der Waals surface area (Å²) < 4.78 is 20.7. The monoisotopic (exact) mass is 257 g/mol. The summed E-state index contributed by atoms with van der Waals surface area (Å²) in [7, 11) is 1.40. The average Bonchev–Trinajstić information content (AvgIpc) is 2.90. The zero-order valence-electron chi connectivity index (χ0n) is 10.4. The molecule has 0 saturated heterocycles. The Hall–Kier alpha value is -2.61. The van der Waals surface area contributed by atoms with E-state index < -0.39 is 5.82 Å². The number of methoxy groups -OCH3 is 1. The van der Waals surface area contributed by atoms with Gasteiger partial charge in [-0.25, -0.2) is 4.39 Å². The maximum Gasteiger partial charge on any atom is 0.147 e. The third-order valence-electron chi connectivity index (χ3n) is 2.77. The zero-order valence-corrected chi connectivity index (χ0v) is 10.4. The van der Waals surface area contributed by atoms with Crippen molar-refractivity contribution in [1.82, 2.24) is 9.78 Å². The van der Waals surface area contributed by atoms with E-state index in [4.69, 9.17) is 10.00 Å². The second-order valence-electron chi connectivity index (χ2n) is 3.86. The lowest BCUT2D eigenvalue weighted by Crippen LogP contribution is -2.06. The Morgan fingerprint density at radius 3 is 2.95 bits per heavy atom. The highest BCUT2D eigenvalue weighted by Crippen LogP contribution is 2.30. The Morgan fingerprint density at radius 1 is 1.63 bits per heavy atom. The fraction of sp³-hybridized carbons (Fsp3) is 0.143. The van der Waals surface area contributed by atoms with Crippen LogP contribution in [0.2, 0.25) is 0 Å². The van der Waals surface area contributed by atoms with Crippen molar-refractivity contribution >= 4 is 6.08 Å². The lowest BCUT2D eigenvalue weighted by atomic mass is 10.0. The number of nitrogens with zero attached hydrogens (tertiary/aromatic N) is 3. The molecule has 0 amide bonds. The predicted octanol–water partition coefficient (Wildman–Crippen LogP) is 2.59. The summed E-state index contributed by atoms with van der Waals surface area (Å²) in [6, 6.07) is 4.91. The Balaban J connectivity index is 2.58. The van der Waals surface area contributed by atoms with Gasteiger partial charge in [-0.3, -0.25) is 4.68 Å². The molecule has 1 aromatic heterocycles. The molecule has 0 bridgehead atoms. The molecule has 1 aromatic carbocycles. The van der Waals surface area contributed by atoms with Crippen molar-refractivity contribution in [3.05, 3.63) is 53.6 Å². The van der Waals surface area contributed by atoms with E-state index in [0.29, 0.717) is 17.7 Å². The standard InChI is InChI=1S/C14H12FN3O/c1-3-11-10(9-18-6-4-5-17-18)7-13(15)12(8-16)14(11)19-2/h3-7H,1,9H2,2H3. The summed E-state index contributed by atoms with van der Waals surface area (Å²) in [6.07, 6.45) is 4.97. The Morgan fingerprint density at radius 2 is 2.42 bits per heavy atom. The summed E-state index contributed by atoms with van der Waals surface area (Å²) in [6.45, 7) is 4.08. The summed E-state index contributed by atoms with van der Waals surface area (Å²) in [5.41, 5.74) is 1.16. The normalized spacial score (nSPS) is 9.95. The Labute approximate surface area is 110 Å². The molecule has 96 valence electrons. The summed E-state index contributed by atoms with van der Waals surface area (Å²) in [5, 5.41) is 13.0. The Bertz CT molecular complexity index is 642. The molecule has 0 aliphatic carbocycles. The number of aromatic nitrogens is 2. The van der Waals surface area contributed by atoms with E-state index in [1.807, 2.05) is 0 Å². The van der Waals surface area contributed by atoms with Crippen LogP contribution in [0.3, 0.4) is 0 Å². The molecule has 0 fully saturated rings. The lowest BCUT2D eigenvalue weighted by Gasteiger charge is -2.13. The molecule has 5 heteroatoms. The van der Waals surface area contributed by atoms with Crippen molar-refractivity contribution < 1.29 is 9.13 Å². The lowest BCUT2D eigenvalue weighted by molar-refractivity contribution is 0.407. The van der Waals surface area contributed by atoms with Gasteiger partial charge in [0, 0.05) is 18.0 Å². The smallest absolute Gasteiger partial charge is 0.147 e. The molecule has 0 unspecified atom stereocenters. The minimum atomic E-state index is -0.605. The van der Waals surface area contributed by atoms with Crippen molar-refractivity contribution in [3.8, 4) is 11.8 Å². The van der Waals surface area contributed by atoms with Gasteiger partial charge in [0.1, 0.15) is 23.2 Å². The molecule has 0 aliphatic heterocycles. The van der Waals surface area contributed by atoms with Gasteiger partial charge in [0.25, 0.3) is 0 Å². The molecule has 0 radical (unpaired) electrons. The summed E-state index contributed by atoms with van der Waals surface area (Å²) >= 11 is 0. The van der Waals surface area contributed by atoms with E-state index in [1.54, 1.807) is 35.3 Å². The predicted molar refractivity (Wildman–Crippen MR) is 69.1 cm³/mol. The van der Waals surface area contributed by atoms with Crippen LogP contribution in [-0.4, -0.2) is 16.9 Å². The van der Waals surface area contributed by atoms with Crippen molar-refractivity contribution in [2.75, 3.05) is 7.11 Å². The number of benzene rings is 1. The number of hydrogen-bond acceptors (Lipinski definition) is 3. The van der Waals surface area contributed by atoms with Crippen LogP contribution in [0.1, 0.15) is 16.7 Å². The molecular formula is C14H12FN3O. The van der Waals surface area contributed by atoms with E-state index >= 15 is 0 Å². The fourth-order valence-electron chi connectivity index (χ4n) is 1.93. The van der Waals surface area contributed by atoms with Gasteiger partial charge in [-0.1, -0.05) is 12.7 Å². The van der Waals surface area contributed by atoms with Crippen molar-refractivity contribution in [2.24, 2.45) is 0 Å². The molecule has 0 N–H and O–H groups in total. The van der Waals surface area contributed by atoms with E-state index in [1.165, 1.54) is 13.2 Å². The van der Waals surface area contributed by atoms with E-state index in [2.05, 4.69) is 11.7 Å². The van der Waals surface area contributed by atoms with Gasteiger partial charge < -0.3 is 4.74 Å². The molecule has 0 atom stereocenters. The van der Waals surface area contributed by atoms with Crippen LogP contribution in [0.15, 0.2) is 31.1 Å². The third kappa shape index (κ3) is 2.33. The highest BCUT2D eigenvalue weighted by atomic mass is 19.1. The largest absolute Gasteiger partial charge is 0.495 e. The van der Waals surface area contributed by atoms with Gasteiger partial charge in [0.2, 0.25) is 0 Å². The summed E-state index contributed by atoms with van der Waals surface area (Å²) in [4.78, 5) is 0. The second-order valence-corrected chi connectivity index (χ2v) is 3.86. The maximum atomic E-state index is 13.9. The van der Waals surface area contributed by atoms with Crippen molar-refractivity contribution in [1.29, 1.82) is 5.26 Å². The minimum absolute atomic E-state index is 0.110. The molecule has 1 heterocycles. The molecule has 2 aromatic rings. The van der Waals surface area contributed by atoms with Gasteiger partial charge in [-0.2, -0.15) is 10.4 Å². The average molecular weight is 257 g/mol. The molecule has 2 rings (SSSR count). The molecule has 0 saturated carbocycles. The number of rotatable bonds is 4. The zero-order chi connectivity index (χ0) is 13.8. The van der Waals surface area contributed by atoms with Crippen LogP contribution in [0.5, 0.6) is 5.75 Å². The van der Waals surface area contributed by atoms with E-state index in [0.717, 1.165) is 0 Å². The minimum Gasteiger partial charge on any atom is -0.495 e. The van der Waals surface area contributed by atoms with Gasteiger partial charge in [-0.15, -0.1) is 0 Å². The van der Waals surface area contributed by atoms with Gasteiger partial charge >= 0.3 is 0 Å². The molecular weight excluding hydrogens is 245 g/mol. The number of hydrogen-bond donors (Lipinski definition) is 0. The number of nitriles is 1. The third-order valence-corrected chi connectivity index (χ3v) is 2.77.